The van der Waals surface area contributed by atoms with Crippen molar-refractivity contribution < 1.29 is 4.74 Å². The summed E-state index contributed by atoms with van der Waals surface area (Å²) in [6.45, 7) is 1.66. The van der Waals surface area contributed by atoms with Gasteiger partial charge in [0.05, 0.1) is 11.8 Å². The predicted molar refractivity (Wildman–Crippen MR) is 60.5 cm³/mol. The zero-order chi connectivity index (χ0) is 11.4. The zero-order valence-electron chi connectivity index (χ0n) is 8.74. The van der Waals surface area contributed by atoms with Crippen LogP contribution in [0.4, 0.5) is 0 Å². The molecule has 0 radical (unpaired) electrons. The lowest BCUT2D eigenvalue weighted by Gasteiger charge is -2.11. The molecule has 1 aromatic heterocycles. The molecule has 0 amide bonds. The highest BCUT2D eigenvalue weighted by Crippen LogP contribution is 2.18. The molecule has 1 aromatic rings. The van der Waals surface area contributed by atoms with Gasteiger partial charge in [0, 0.05) is 12.1 Å². The summed E-state index contributed by atoms with van der Waals surface area (Å²) in [4.78, 5) is 3.89. The van der Waals surface area contributed by atoms with Gasteiger partial charge in [-0.3, -0.25) is 0 Å². The Labute approximate surface area is 99.2 Å². The van der Waals surface area contributed by atoms with E-state index < -0.39 is 0 Å². The first-order valence-corrected chi connectivity index (χ1v) is 5.59. The Bertz CT molecular complexity index is 410. The molecule has 0 saturated carbocycles. The van der Waals surface area contributed by atoms with E-state index in [1.54, 1.807) is 6.07 Å². The van der Waals surface area contributed by atoms with Crippen LogP contribution in [-0.4, -0.2) is 24.2 Å². The summed E-state index contributed by atoms with van der Waals surface area (Å²) in [5.74, 6) is 0.592. The van der Waals surface area contributed by atoms with Crippen molar-refractivity contribution in [2.75, 3.05) is 13.2 Å². The fourth-order valence-electron chi connectivity index (χ4n) is 1.68. The molecule has 2 heterocycles. The maximum atomic E-state index is 8.78. The molecule has 1 aliphatic rings. The second kappa shape index (κ2) is 5.15. The van der Waals surface area contributed by atoms with E-state index >= 15 is 0 Å². The van der Waals surface area contributed by atoms with E-state index in [0.29, 0.717) is 24.0 Å². The van der Waals surface area contributed by atoms with Crippen LogP contribution in [0.25, 0.3) is 0 Å². The number of hydrogen-bond acceptors (Lipinski definition) is 4. The van der Waals surface area contributed by atoms with E-state index in [0.717, 1.165) is 13.0 Å². The second-order valence-electron chi connectivity index (χ2n) is 3.73. The van der Waals surface area contributed by atoms with Crippen molar-refractivity contribution in [3.05, 3.63) is 23.0 Å². The summed E-state index contributed by atoms with van der Waals surface area (Å²) in [5, 5.41) is 12.3. The predicted octanol–water partition coefficient (Wildman–Crippen LogP) is 1.74. The molecule has 1 fully saturated rings. The fraction of sp³-hybridized carbons (Fsp3) is 0.455. The monoisotopic (exact) mass is 237 g/mol. The topological polar surface area (TPSA) is 57.9 Å². The quantitative estimate of drug-likeness (QED) is 0.814. The van der Waals surface area contributed by atoms with Crippen molar-refractivity contribution in [2.24, 2.45) is 0 Å². The van der Waals surface area contributed by atoms with Gasteiger partial charge in [0.15, 0.2) is 0 Å². The maximum Gasteiger partial charge on any atom is 0.147 e. The van der Waals surface area contributed by atoms with Gasteiger partial charge in [-0.15, -0.1) is 0 Å². The number of hydrogen-bond donors (Lipinski definition) is 1. The molecular weight excluding hydrogens is 226 g/mol. The van der Waals surface area contributed by atoms with E-state index in [-0.39, 0.29) is 5.15 Å². The van der Waals surface area contributed by atoms with Crippen molar-refractivity contribution in [2.45, 2.75) is 18.9 Å². The van der Waals surface area contributed by atoms with Crippen LogP contribution in [-0.2, 0) is 0 Å². The van der Waals surface area contributed by atoms with E-state index in [4.69, 9.17) is 21.6 Å². The van der Waals surface area contributed by atoms with Crippen LogP contribution in [0.1, 0.15) is 18.4 Å². The van der Waals surface area contributed by atoms with Gasteiger partial charge in [0.25, 0.3) is 0 Å². The summed E-state index contributed by atoms with van der Waals surface area (Å²) < 4.78 is 5.55. The second-order valence-corrected chi connectivity index (χ2v) is 4.08. The van der Waals surface area contributed by atoms with Crippen LogP contribution in [0.15, 0.2) is 12.3 Å². The van der Waals surface area contributed by atoms with Gasteiger partial charge in [-0.25, -0.2) is 4.98 Å². The number of ether oxygens (including phenoxy) is 1. The van der Waals surface area contributed by atoms with Crippen LogP contribution in [0.2, 0.25) is 5.15 Å². The van der Waals surface area contributed by atoms with Crippen molar-refractivity contribution >= 4 is 11.6 Å². The van der Waals surface area contributed by atoms with E-state index in [9.17, 15) is 0 Å². The van der Waals surface area contributed by atoms with Gasteiger partial charge in [0.2, 0.25) is 0 Å². The summed E-state index contributed by atoms with van der Waals surface area (Å²) in [6.07, 6.45) is 3.86. The lowest BCUT2D eigenvalue weighted by Crippen LogP contribution is -2.28. The van der Waals surface area contributed by atoms with Gasteiger partial charge >= 0.3 is 0 Å². The minimum atomic E-state index is 0.217. The average molecular weight is 238 g/mol. The molecule has 5 heteroatoms. The third kappa shape index (κ3) is 2.63. The zero-order valence-corrected chi connectivity index (χ0v) is 9.50. The maximum absolute atomic E-state index is 8.78. The Balaban J connectivity index is 1.96. The number of nitriles is 1. The first-order valence-electron chi connectivity index (χ1n) is 5.21. The van der Waals surface area contributed by atoms with Crippen molar-refractivity contribution in [3.63, 3.8) is 0 Å². The Morgan fingerprint density at radius 1 is 1.69 bits per heavy atom. The summed E-state index contributed by atoms with van der Waals surface area (Å²) >= 11 is 5.72. The first kappa shape index (κ1) is 11.2. The smallest absolute Gasteiger partial charge is 0.147 e. The Hall–Kier alpha value is -1.31. The summed E-state index contributed by atoms with van der Waals surface area (Å²) in [7, 11) is 0. The van der Waals surface area contributed by atoms with Crippen LogP contribution >= 0.6 is 11.6 Å². The first-order chi connectivity index (χ1) is 7.79. The summed E-state index contributed by atoms with van der Waals surface area (Å²) in [6, 6.07) is 3.99. The molecule has 0 aliphatic carbocycles. The largest absolute Gasteiger partial charge is 0.490 e. The SMILES string of the molecule is N#Cc1cc(OCC2CCCN2)cnc1Cl. The van der Waals surface area contributed by atoms with Crippen LogP contribution in [0.3, 0.4) is 0 Å². The molecule has 4 nitrogen and oxygen atoms in total. The fourth-order valence-corrected chi connectivity index (χ4v) is 1.83. The highest BCUT2D eigenvalue weighted by Gasteiger charge is 2.14. The van der Waals surface area contributed by atoms with Crippen LogP contribution < -0.4 is 10.1 Å². The molecule has 1 aliphatic heterocycles. The molecule has 2 rings (SSSR count). The van der Waals surface area contributed by atoms with Crippen molar-refractivity contribution in [1.29, 1.82) is 5.26 Å². The minimum Gasteiger partial charge on any atom is -0.490 e. The number of aromatic nitrogens is 1. The molecule has 0 aromatic carbocycles. The standard InChI is InChI=1S/C11H12ClN3O/c12-11-8(5-13)4-10(6-15-11)16-7-9-2-1-3-14-9/h4,6,9,14H,1-3,7H2. The van der Waals surface area contributed by atoms with Crippen molar-refractivity contribution in [1.82, 2.24) is 10.3 Å². The van der Waals surface area contributed by atoms with E-state index in [1.165, 1.54) is 12.6 Å². The third-order valence-corrected chi connectivity index (χ3v) is 2.85. The third-order valence-electron chi connectivity index (χ3n) is 2.55. The Morgan fingerprint density at radius 2 is 2.56 bits per heavy atom. The number of pyridine rings is 1. The molecule has 1 saturated heterocycles. The minimum absolute atomic E-state index is 0.217. The van der Waals surface area contributed by atoms with E-state index in [2.05, 4.69) is 10.3 Å². The molecular formula is C11H12ClN3O. The van der Waals surface area contributed by atoms with Gasteiger partial charge < -0.3 is 10.1 Å². The number of rotatable bonds is 3. The van der Waals surface area contributed by atoms with Crippen molar-refractivity contribution in [3.8, 4) is 11.8 Å². The van der Waals surface area contributed by atoms with Crippen LogP contribution in [0, 0.1) is 11.3 Å². The van der Waals surface area contributed by atoms with Gasteiger partial charge in [-0.1, -0.05) is 11.6 Å². The number of nitrogens with zero attached hydrogens (tertiary/aromatic N) is 2. The van der Waals surface area contributed by atoms with E-state index in [1.807, 2.05) is 6.07 Å². The highest BCUT2D eigenvalue weighted by molar-refractivity contribution is 6.30. The molecule has 1 N–H and O–H groups in total. The molecule has 0 bridgehead atoms. The number of nitrogens with one attached hydrogen (secondary N) is 1. The van der Waals surface area contributed by atoms with Gasteiger partial charge in [-0.2, -0.15) is 5.26 Å². The molecule has 0 spiro atoms. The Kier molecular flexibility index (Phi) is 3.60. The lowest BCUT2D eigenvalue weighted by atomic mass is 10.2. The molecule has 16 heavy (non-hydrogen) atoms. The molecule has 1 unspecified atom stereocenters. The van der Waals surface area contributed by atoms with Gasteiger partial charge in [0.1, 0.15) is 23.6 Å². The molecule has 1 atom stereocenters. The molecule has 84 valence electrons. The highest BCUT2D eigenvalue weighted by atomic mass is 35.5. The summed E-state index contributed by atoms with van der Waals surface area (Å²) in [5.41, 5.74) is 0.346. The number of halogens is 1. The normalized spacial score (nSPS) is 19.4. The lowest BCUT2D eigenvalue weighted by molar-refractivity contribution is 0.276. The Morgan fingerprint density at radius 3 is 3.25 bits per heavy atom. The average Bonchev–Trinajstić information content (AvgIpc) is 2.81. The van der Waals surface area contributed by atoms with Crippen LogP contribution in [0.5, 0.6) is 5.75 Å². The van der Waals surface area contributed by atoms with Gasteiger partial charge in [-0.05, 0) is 19.4 Å².